The van der Waals surface area contributed by atoms with E-state index in [1.54, 1.807) is 47.7 Å². The van der Waals surface area contributed by atoms with Crippen molar-refractivity contribution < 1.29 is 19.0 Å². The molecule has 0 bridgehead atoms. The molecule has 164 valence electrons. The normalized spacial score (nSPS) is 14.5. The molecule has 0 spiro atoms. The van der Waals surface area contributed by atoms with Crippen LogP contribution >= 0.6 is 11.8 Å². The van der Waals surface area contributed by atoms with E-state index in [0.717, 1.165) is 5.56 Å². The molecule has 1 unspecified atom stereocenters. The third kappa shape index (κ3) is 3.80. The van der Waals surface area contributed by atoms with Gasteiger partial charge in [-0.2, -0.15) is 0 Å². The summed E-state index contributed by atoms with van der Waals surface area (Å²) in [4.78, 5) is 42.3. The summed E-state index contributed by atoms with van der Waals surface area (Å²) in [5, 5.41) is 5.09. The number of carbonyl (C=O) groups excluding carboxylic acids is 2. The van der Waals surface area contributed by atoms with E-state index in [1.807, 2.05) is 30.5 Å². The molecule has 4 rings (SSSR count). The summed E-state index contributed by atoms with van der Waals surface area (Å²) < 4.78 is 6.89. The van der Waals surface area contributed by atoms with Crippen LogP contribution in [0.5, 0.6) is 5.75 Å². The van der Waals surface area contributed by atoms with Crippen molar-refractivity contribution in [3.8, 4) is 17.0 Å². The maximum atomic E-state index is 13.1. The summed E-state index contributed by atoms with van der Waals surface area (Å²) in [6, 6.07) is 14.2. The Hall–Kier alpha value is -3.46. The molecule has 0 aliphatic carbocycles. The molecule has 0 saturated heterocycles. The molecule has 3 aromatic rings. The number of amides is 1. The van der Waals surface area contributed by atoms with Crippen LogP contribution in [0, 0.1) is 0 Å². The van der Waals surface area contributed by atoms with Gasteiger partial charge in [-0.3, -0.25) is 19.4 Å². The molecular weight excluding hydrogens is 428 g/mol. The molecular formula is C23H23N4O4S+. The molecule has 2 aromatic carbocycles. The number of aromatic amines is 1. The number of benzene rings is 2. The van der Waals surface area contributed by atoms with Crippen LogP contribution < -0.4 is 19.9 Å². The molecule has 1 aliphatic heterocycles. The van der Waals surface area contributed by atoms with Crippen molar-refractivity contribution in [2.45, 2.75) is 38.0 Å². The highest BCUT2D eigenvalue weighted by Crippen LogP contribution is 2.37. The second-order valence-electron chi connectivity index (χ2n) is 7.16. The van der Waals surface area contributed by atoms with Gasteiger partial charge in [0.2, 0.25) is 11.1 Å². The summed E-state index contributed by atoms with van der Waals surface area (Å²) in [7, 11) is 0. The second-order valence-corrected chi connectivity index (χ2v) is 7.96. The Bertz CT molecular complexity index is 1240. The summed E-state index contributed by atoms with van der Waals surface area (Å²) in [5.41, 5.74) is 2.12. The van der Waals surface area contributed by atoms with Crippen molar-refractivity contribution in [1.29, 1.82) is 0 Å². The number of thioether (sulfide) groups is 1. The Labute approximate surface area is 189 Å². The number of fused-ring (bicyclic) bond motifs is 3. The molecule has 1 aliphatic rings. The SMILES string of the molecule is CCC(=O)Oc1ccc(C2N(C(=O)CC)c3ccccc3-c3c(=O)[nH]c(SC)n[n+]32)cc1. The first-order valence-electron chi connectivity index (χ1n) is 10.3. The van der Waals surface area contributed by atoms with Gasteiger partial charge in [-0.05, 0) is 47.3 Å². The van der Waals surface area contributed by atoms with Gasteiger partial charge in [-0.25, -0.2) is 4.90 Å². The minimum Gasteiger partial charge on any atom is -0.427 e. The number of carbonyl (C=O) groups is 2. The third-order valence-electron chi connectivity index (χ3n) is 5.22. The summed E-state index contributed by atoms with van der Waals surface area (Å²) >= 11 is 1.31. The van der Waals surface area contributed by atoms with E-state index in [-0.39, 0.29) is 30.3 Å². The number of H-pyrrole nitrogens is 1. The van der Waals surface area contributed by atoms with E-state index in [2.05, 4.69) is 10.1 Å². The number of hydrogen-bond donors (Lipinski definition) is 1. The zero-order valence-electron chi connectivity index (χ0n) is 18.0. The number of ether oxygens (including phenoxy) is 1. The fourth-order valence-corrected chi connectivity index (χ4v) is 4.08. The predicted octanol–water partition coefficient (Wildman–Crippen LogP) is 3.07. The Morgan fingerprint density at radius 1 is 1.12 bits per heavy atom. The number of nitrogens with zero attached hydrogens (tertiary/aromatic N) is 3. The van der Waals surface area contributed by atoms with Crippen molar-refractivity contribution in [2.24, 2.45) is 0 Å². The highest BCUT2D eigenvalue weighted by atomic mass is 32.2. The van der Waals surface area contributed by atoms with Gasteiger partial charge >= 0.3 is 17.2 Å². The number of anilines is 1. The lowest BCUT2D eigenvalue weighted by molar-refractivity contribution is -0.763. The van der Waals surface area contributed by atoms with Crippen LogP contribution in [0.15, 0.2) is 58.5 Å². The van der Waals surface area contributed by atoms with Gasteiger partial charge in [0.25, 0.3) is 6.17 Å². The van der Waals surface area contributed by atoms with Gasteiger partial charge in [-0.1, -0.05) is 37.7 Å². The van der Waals surface area contributed by atoms with E-state index >= 15 is 0 Å². The van der Waals surface area contributed by atoms with Crippen molar-refractivity contribution >= 4 is 29.3 Å². The number of para-hydroxylation sites is 1. The molecule has 8 nitrogen and oxygen atoms in total. The maximum Gasteiger partial charge on any atom is 0.325 e. The molecule has 1 amide bonds. The van der Waals surface area contributed by atoms with Crippen LogP contribution in [-0.4, -0.2) is 28.2 Å². The van der Waals surface area contributed by atoms with Crippen LogP contribution in [-0.2, 0) is 9.59 Å². The first kappa shape index (κ1) is 21.8. The Kier molecular flexibility index (Phi) is 6.09. The van der Waals surface area contributed by atoms with Gasteiger partial charge in [-0.15, -0.1) is 0 Å². The maximum absolute atomic E-state index is 13.1. The monoisotopic (exact) mass is 451 g/mol. The average molecular weight is 452 g/mol. The fourth-order valence-electron chi connectivity index (χ4n) is 3.72. The fraction of sp³-hybridized carbons (Fsp3) is 0.261. The molecule has 2 heterocycles. The van der Waals surface area contributed by atoms with Gasteiger partial charge in [0.1, 0.15) is 5.75 Å². The van der Waals surface area contributed by atoms with Crippen LogP contribution in [0.2, 0.25) is 0 Å². The number of rotatable bonds is 5. The molecule has 0 radical (unpaired) electrons. The molecule has 0 fully saturated rings. The highest BCUT2D eigenvalue weighted by molar-refractivity contribution is 7.98. The summed E-state index contributed by atoms with van der Waals surface area (Å²) in [5.74, 6) is -0.0152. The van der Waals surface area contributed by atoms with Crippen LogP contribution in [0.1, 0.15) is 38.4 Å². The first-order valence-corrected chi connectivity index (χ1v) is 11.5. The standard InChI is InChI=1S/C23H22N4O4S/c1-4-18(28)26-17-9-7-6-8-16(17)20-21(30)24-23(32-3)25-27(20)22(26)14-10-12-15(13-11-14)31-19(29)5-2/h6-13,22H,4-5H2,1-3H3/p+1. The topological polar surface area (TPSA) is 96.2 Å². The first-order chi connectivity index (χ1) is 15.5. The lowest BCUT2D eigenvalue weighted by Crippen LogP contribution is -2.60. The Balaban J connectivity index is 1.94. The smallest absolute Gasteiger partial charge is 0.325 e. The number of hydrogen-bond acceptors (Lipinski definition) is 6. The largest absolute Gasteiger partial charge is 0.427 e. The average Bonchev–Trinajstić information content (AvgIpc) is 2.82. The minimum absolute atomic E-state index is 0.102. The quantitative estimate of drug-likeness (QED) is 0.277. The van der Waals surface area contributed by atoms with E-state index in [4.69, 9.17) is 4.74 Å². The van der Waals surface area contributed by atoms with Gasteiger partial charge in [0.15, 0.2) is 0 Å². The van der Waals surface area contributed by atoms with E-state index in [1.165, 1.54) is 11.8 Å². The lowest BCUT2D eigenvalue weighted by Gasteiger charge is -2.32. The molecule has 0 saturated carbocycles. The van der Waals surface area contributed by atoms with Crippen LogP contribution in [0.4, 0.5) is 5.69 Å². The number of nitrogens with one attached hydrogen (secondary N) is 1. The number of esters is 1. The van der Waals surface area contributed by atoms with Crippen molar-refractivity contribution in [1.82, 2.24) is 10.1 Å². The Morgan fingerprint density at radius 3 is 2.50 bits per heavy atom. The molecule has 1 atom stereocenters. The molecule has 1 aromatic heterocycles. The van der Waals surface area contributed by atoms with E-state index < -0.39 is 6.17 Å². The zero-order valence-corrected chi connectivity index (χ0v) is 18.8. The molecule has 32 heavy (non-hydrogen) atoms. The van der Waals surface area contributed by atoms with Gasteiger partial charge in [0.05, 0.1) is 11.3 Å². The number of aromatic nitrogens is 3. The lowest BCUT2D eigenvalue weighted by atomic mass is 10.0. The summed E-state index contributed by atoms with van der Waals surface area (Å²) in [6.07, 6.45) is 1.71. The Morgan fingerprint density at radius 2 is 1.84 bits per heavy atom. The van der Waals surface area contributed by atoms with E-state index in [0.29, 0.717) is 27.9 Å². The molecule has 1 N–H and O–H groups in total. The van der Waals surface area contributed by atoms with Crippen molar-refractivity contribution in [3.63, 3.8) is 0 Å². The second kappa shape index (κ2) is 8.96. The van der Waals surface area contributed by atoms with Crippen molar-refractivity contribution in [2.75, 3.05) is 11.2 Å². The van der Waals surface area contributed by atoms with Crippen LogP contribution in [0.25, 0.3) is 11.3 Å². The third-order valence-corrected chi connectivity index (χ3v) is 5.79. The van der Waals surface area contributed by atoms with Crippen molar-refractivity contribution in [3.05, 3.63) is 64.4 Å². The zero-order chi connectivity index (χ0) is 22.8. The highest BCUT2D eigenvalue weighted by Gasteiger charge is 2.45. The summed E-state index contributed by atoms with van der Waals surface area (Å²) in [6.45, 7) is 3.53. The van der Waals surface area contributed by atoms with Crippen LogP contribution in [0.3, 0.4) is 0 Å². The van der Waals surface area contributed by atoms with E-state index in [9.17, 15) is 14.4 Å². The van der Waals surface area contributed by atoms with Gasteiger partial charge in [0, 0.05) is 23.5 Å². The predicted molar refractivity (Wildman–Crippen MR) is 121 cm³/mol. The van der Waals surface area contributed by atoms with Gasteiger partial charge < -0.3 is 4.74 Å². The molecule has 9 heteroatoms. The minimum atomic E-state index is -0.670.